The maximum atomic E-state index is 6.22. The molecule has 2 N–H and O–H groups in total. The van der Waals surface area contributed by atoms with Gasteiger partial charge < -0.3 is 10.6 Å². The molecular weight excluding hydrogens is 246 g/mol. The van der Waals surface area contributed by atoms with Gasteiger partial charge in [0.25, 0.3) is 0 Å². The third-order valence-corrected chi connectivity index (χ3v) is 3.75. The van der Waals surface area contributed by atoms with Gasteiger partial charge in [0.2, 0.25) is 0 Å². The summed E-state index contributed by atoms with van der Waals surface area (Å²) >= 11 is 5.87. The summed E-state index contributed by atoms with van der Waals surface area (Å²) in [6.45, 7) is 5.54. The Bertz CT molecular complexity index is 358. The normalized spacial score (nSPS) is 19.9. The molecule has 1 aromatic rings. The zero-order chi connectivity index (χ0) is 13.0. The minimum absolute atomic E-state index is 0.203. The number of nitrogens with zero attached hydrogens (tertiary/aromatic N) is 2. The Kier molecular flexibility index (Phi) is 5.01. The second-order valence-corrected chi connectivity index (χ2v) is 5.63. The Morgan fingerprint density at radius 1 is 1.17 bits per heavy atom. The van der Waals surface area contributed by atoms with E-state index < -0.39 is 0 Å². The van der Waals surface area contributed by atoms with Crippen molar-refractivity contribution in [2.24, 2.45) is 5.73 Å². The highest BCUT2D eigenvalue weighted by Crippen LogP contribution is 2.11. The number of benzene rings is 1. The minimum Gasteiger partial charge on any atom is -0.326 e. The summed E-state index contributed by atoms with van der Waals surface area (Å²) in [5, 5.41) is 0.784. The topological polar surface area (TPSA) is 32.5 Å². The van der Waals surface area contributed by atoms with Gasteiger partial charge in [0, 0.05) is 43.8 Å². The third-order valence-electron chi connectivity index (χ3n) is 3.50. The molecule has 0 spiro atoms. The fraction of sp³-hybridized carbons (Fsp3) is 0.571. The lowest BCUT2D eigenvalue weighted by Gasteiger charge is -2.33. The molecule has 1 atom stereocenters. The van der Waals surface area contributed by atoms with E-state index in [2.05, 4.69) is 29.0 Å². The molecule has 3 nitrogen and oxygen atoms in total. The highest BCUT2D eigenvalue weighted by Gasteiger charge is 2.16. The van der Waals surface area contributed by atoms with E-state index in [0.29, 0.717) is 0 Å². The third kappa shape index (κ3) is 4.25. The molecule has 1 aliphatic heterocycles. The average molecular weight is 268 g/mol. The van der Waals surface area contributed by atoms with Crippen molar-refractivity contribution < 1.29 is 0 Å². The maximum Gasteiger partial charge on any atom is 0.0406 e. The van der Waals surface area contributed by atoms with Gasteiger partial charge in [0.05, 0.1) is 0 Å². The van der Waals surface area contributed by atoms with E-state index in [4.69, 9.17) is 17.3 Å². The molecule has 1 unspecified atom stereocenters. The molecular formula is C14H22ClN3. The number of likely N-dealkylation sites (N-methyl/N-ethyl adjacent to an activating group) is 1. The standard InChI is InChI=1S/C14H22ClN3/c1-17-6-8-18(9-7-17)11-14(16)10-12-2-4-13(15)5-3-12/h2-5,14H,6-11,16H2,1H3. The highest BCUT2D eigenvalue weighted by atomic mass is 35.5. The van der Waals surface area contributed by atoms with Gasteiger partial charge in [-0.1, -0.05) is 23.7 Å². The fourth-order valence-electron chi connectivity index (χ4n) is 2.35. The predicted octanol–water partition coefficient (Wildman–Crippen LogP) is 1.46. The first-order chi connectivity index (χ1) is 8.63. The fourth-order valence-corrected chi connectivity index (χ4v) is 2.48. The lowest BCUT2D eigenvalue weighted by molar-refractivity contribution is 0.147. The van der Waals surface area contributed by atoms with E-state index in [1.807, 2.05) is 12.1 Å². The molecule has 100 valence electrons. The van der Waals surface area contributed by atoms with Crippen LogP contribution in [0.15, 0.2) is 24.3 Å². The van der Waals surface area contributed by atoms with Crippen LogP contribution in [0, 0.1) is 0 Å². The zero-order valence-electron chi connectivity index (χ0n) is 11.0. The Labute approximate surface area is 115 Å². The van der Waals surface area contributed by atoms with Gasteiger partial charge in [-0.2, -0.15) is 0 Å². The lowest BCUT2D eigenvalue weighted by atomic mass is 10.1. The van der Waals surface area contributed by atoms with Crippen LogP contribution < -0.4 is 5.73 Å². The summed E-state index contributed by atoms with van der Waals surface area (Å²) in [6, 6.07) is 8.19. The van der Waals surface area contributed by atoms with Crippen LogP contribution in [0.25, 0.3) is 0 Å². The Hall–Kier alpha value is -0.610. The van der Waals surface area contributed by atoms with Crippen LogP contribution in [0.2, 0.25) is 5.02 Å². The summed E-state index contributed by atoms with van der Waals surface area (Å²) in [7, 11) is 2.17. The SMILES string of the molecule is CN1CCN(CC(N)Cc2ccc(Cl)cc2)CC1. The minimum atomic E-state index is 0.203. The van der Waals surface area contributed by atoms with Crippen LogP contribution in [-0.4, -0.2) is 55.6 Å². The van der Waals surface area contributed by atoms with Crippen molar-refractivity contribution in [3.05, 3.63) is 34.9 Å². The first-order valence-electron chi connectivity index (χ1n) is 6.54. The molecule has 18 heavy (non-hydrogen) atoms. The quantitative estimate of drug-likeness (QED) is 0.897. The van der Waals surface area contributed by atoms with Gasteiger partial charge in [-0.3, -0.25) is 4.90 Å². The van der Waals surface area contributed by atoms with Crippen LogP contribution in [0.5, 0.6) is 0 Å². The largest absolute Gasteiger partial charge is 0.326 e. The summed E-state index contributed by atoms with van der Waals surface area (Å²) in [4.78, 5) is 4.82. The van der Waals surface area contributed by atoms with E-state index in [0.717, 1.165) is 44.2 Å². The molecule has 1 aliphatic rings. The van der Waals surface area contributed by atoms with Crippen LogP contribution in [0.1, 0.15) is 5.56 Å². The van der Waals surface area contributed by atoms with Crippen molar-refractivity contribution in [3.63, 3.8) is 0 Å². The van der Waals surface area contributed by atoms with Crippen LogP contribution >= 0.6 is 11.6 Å². The van der Waals surface area contributed by atoms with Crippen LogP contribution in [-0.2, 0) is 6.42 Å². The van der Waals surface area contributed by atoms with Gasteiger partial charge in [0.1, 0.15) is 0 Å². The number of rotatable bonds is 4. The maximum absolute atomic E-state index is 6.22. The van der Waals surface area contributed by atoms with E-state index in [9.17, 15) is 0 Å². The van der Waals surface area contributed by atoms with Crippen molar-refractivity contribution in [3.8, 4) is 0 Å². The van der Waals surface area contributed by atoms with E-state index in [1.54, 1.807) is 0 Å². The van der Waals surface area contributed by atoms with Crippen LogP contribution in [0.3, 0.4) is 0 Å². The molecule has 2 rings (SSSR count). The lowest BCUT2D eigenvalue weighted by Crippen LogP contribution is -2.49. The molecule has 1 saturated heterocycles. The molecule has 1 heterocycles. The number of nitrogens with two attached hydrogens (primary N) is 1. The molecule has 0 amide bonds. The highest BCUT2D eigenvalue weighted by molar-refractivity contribution is 6.30. The molecule has 1 fully saturated rings. The molecule has 0 aliphatic carbocycles. The summed E-state index contributed by atoms with van der Waals surface area (Å²) < 4.78 is 0. The van der Waals surface area contributed by atoms with Gasteiger partial charge in [-0.15, -0.1) is 0 Å². The average Bonchev–Trinajstić information content (AvgIpc) is 2.35. The van der Waals surface area contributed by atoms with Gasteiger partial charge in [0.15, 0.2) is 0 Å². The predicted molar refractivity (Wildman–Crippen MR) is 77.1 cm³/mol. The van der Waals surface area contributed by atoms with Crippen LogP contribution in [0.4, 0.5) is 0 Å². The summed E-state index contributed by atoms with van der Waals surface area (Å²) in [5.41, 5.74) is 7.49. The summed E-state index contributed by atoms with van der Waals surface area (Å²) in [6.07, 6.45) is 0.920. The Balaban J connectivity index is 1.78. The van der Waals surface area contributed by atoms with E-state index >= 15 is 0 Å². The van der Waals surface area contributed by atoms with Crippen molar-refractivity contribution in [1.82, 2.24) is 9.80 Å². The van der Waals surface area contributed by atoms with Gasteiger partial charge in [-0.05, 0) is 31.2 Å². The molecule has 0 bridgehead atoms. The van der Waals surface area contributed by atoms with Gasteiger partial charge in [-0.25, -0.2) is 0 Å². The molecule has 0 aromatic heterocycles. The smallest absolute Gasteiger partial charge is 0.0406 e. The molecule has 0 saturated carbocycles. The van der Waals surface area contributed by atoms with Crippen molar-refractivity contribution in [2.75, 3.05) is 39.8 Å². The van der Waals surface area contributed by atoms with Crippen molar-refractivity contribution >= 4 is 11.6 Å². The van der Waals surface area contributed by atoms with Gasteiger partial charge >= 0.3 is 0 Å². The zero-order valence-corrected chi connectivity index (χ0v) is 11.7. The van der Waals surface area contributed by atoms with E-state index in [1.165, 1.54) is 5.56 Å². The molecule has 0 radical (unpaired) electrons. The number of hydrogen-bond donors (Lipinski definition) is 1. The Morgan fingerprint density at radius 2 is 1.78 bits per heavy atom. The first kappa shape index (κ1) is 13.8. The molecule has 1 aromatic carbocycles. The second kappa shape index (κ2) is 6.53. The first-order valence-corrected chi connectivity index (χ1v) is 6.92. The van der Waals surface area contributed by atoms with Crippen molar-refractivity contribution in [1.29, 1.82) is 0 Å². The van der Waals surface area contributed by atoms with E-state index in [-0.39, 0.29) is 6.04 Å². The summed E-state index contributed by atoms with van der Waals surface area (Å²) in [5.74, 6) is 0. The Morgan fingerprint density at radius 3 is 2.39 bits per heavy atom. The number of hydrogen-bond acceptors (Lipinski definition) is 3. The number of halogens is 1. The monoisotopic (exact) mass is 267 g/mol. The second-order valence-electron chi connectivity index (χ2n) is 5.19. The van der Waals surface area contributed by atoms with Crippen molar-refractivity contribution in [2.45, 2.75) is 12.5 Å². The number of piperazine rings is 1. The molecule has 4 heteroatoms.